The zero-order chi connectivity index (χ0) is 14.1. The molecule has 4 heteroatoms. The number of rotatable bonds is 3. The van der Waals surface area contributed by atoms with E-state index in [-0.39, 0.29) is 0 Å². The molecule has 4 nitrogen and oxygen atoms in total. The Morgan fingerprint density at radius 1 is 1.35 bits per heavy atom. The molecule has 1 N–H and O–H groups in total. The number of allylic oxidation sites excluding steroid dienone is 1. The van der Waals surface area contributed by atoms with Gasteiger partial charge in [-0.1, -0.05) is 18.6 Å². The summed E-state index contributed by atoms with van der Waals surface area (Å²) in [5.74, 6) is 3.51. The molecule has 0 saturated heterocycles. The van der Waals surface area contributed by atoms with E-state index in [1.165, 1.54) is 25.7 Å². The Morgan fingerprint density at radius 2 is 2.20 bits per heavy atom. The van der Waals surface area contributed by atoms with E-state index in [0.717, 1.165) is 30.7 Å². The minimum atomic E-state index is 0.381. The maximum Gasteiger partial charge on any atom is 0.147 e. The average Bonchev–Trinajstić information content (AvgIpc) is 2.79. The highest BCUT2D eigenvalue weighted by Crippen LogP contribution is 2.31. The molecule has 110 valence electrons. The van der Waals surface area contributed by atoms with Gasteiger partial charge in [0.15, 0.2) is 0 Å². The van der Waals surface area contributed by atoms with E-state index in [4.69, 9.17) is 0 Å². The lowest BCUT2D eigenvalue weighted by atomic mass is 9.80. The molecule has 1 aromatic heterocycles. The maximum atomic E-state index is 4.61. The van der Waals surface area contributed by atoms with Crippen LogP contribution in [0.25, 0.3) is 0 Å². The summed E-state index contributed by atoms with van der Waals surface area (Å²) >= 11 is 0. The Hall–Kier alpha value is -1.16. The van der Waals surface area contributed by atoms with E-state index in [1.54, 1.807) is 5.57 Å². The molecule has 0 unspecified atom stereocenters. The van der Waals surface area contributed by atoms with Crippen LogP contribution in [-0.4, -0.2) is 21.3 Å². The maximum absolute atomic E-state index is 4.61. The molecule has 0 saturated carbocycles. The highest BCUT2D eigenvalue weighted by molar-refractivity contribution is 5.10. The molecule has 0 aromatic carbocycles. The smallest absolute Gasteiger partial charge is 0.147 e. The van der Waals surface area contributed by atoms with Gasteiger partial charge in [0.1, 0.15) is 11.6 Å². The van der Waals surface area contributed by atoms with Crippen LogP contribution in [0, 0.1) is 18.8 Å². The lowest BCUT2D eigenvalue weighted by Crippen LogP contribution is -2.35. The zero-order valence-electron chi connectivity index (χ0n) is 12.9. The number of aromatic nitrogens is 3. The highest BCUT2D eigenvalue weighted by atomic mass is 15.4. The number of nitrogens with zero attached hydrogens (tertiary/aromatic N) is 3. The van der Waals surface area contributed by atoms with E-state index < -0.39 is 0 Å². The van der Waals surface area contributed by atoms with Crippen molar-refractivity contribution in [2.75, 3.05) is 6.54 Å². The summed E-state index contributed by atoms with van der Waals surface area (Å²) in [7, 11) is 0. The van der Waals surface area contributed by atoms with Crippen LogP contribution in [0.3, 0.4) is 0 Å². The molecule has 1 aliphatic heterocycles. The Morgan fingerprint density at radius 3 is 3.00 bits per heavy atom. The molecule has 2 aliphatic rings. The third-order valence-corrected chi connectivity index (χ3v) is 4.92. The van der Waals surface area contributed by atoms with Gasteiger partial charge in [0.25, 0.3) is 0 Å². The fourth-order valence-electron chi connectivity index (χ4n) is 3.67. The monoisotopic (exact) mass is 274 g/mol. The predicted octanol–water partition coefficient (Wildman–Crippen LogP) is 3.00. The Bertz CT molecular complexity index is 503. The van der Waals surface area contributed by atoms with Crippen molar-refractivity contribution in [3.63, 3.8) is 0 Å². The van der Waals surface area contributed by atoms with E-state index in [2.05, 4.69) is 40.0 Å². The Balaban J connectivity index is 1.67. The molecule has 20 heavy (non-hydrogen) atoms. The molecule has 3 atom stereocenters. The summed E-state index contributed by atoms with van der Waals surface area (Å²) in [4.78, 5) is 4.61. The number of hydrogen-bond acceptors (Lipinski definition) is 3. The molecule has 2 heterocycles. The van der Waals surface area contributed by atoms with Crippen LogP contribution in [0.2, 0.25) is 0 Å². The molecule has 3 rings (SSSR count). The van der Waals surface area contributed by atoms with Crippen LogP contribution in [-0.2, 0) is 6.54 Å². The van der Waals surface area contributed by atoms with Gasteiger partial charge < -0.3 is 5.32 Å². The molecular formula is C16H26N4. The average molecular weight is 274 g/mol. The van der Waals surface area contributed by atoms with Gasteiger partial charge in [-0.3, -0.25) is 0 Å². The second-order valence-electron chi connectivity index (χ2n) is 6.45. The van der Waals surface area contributed by atoms with Gasteiger partial charge in [-0.15, -0.1) is 0 Å². The molecule has 1 aromatic rings. The molecule has 0 bridgehead atoms. The summed E-state index contributed by atoms with van der Waals surface area (Å²) in [6.07, 6.45) is 7.37. The van der Waals surface area contributed by atoms with Crippen LogP contribution in [0.4, 0.5) is 0 Å². The minimum Gasteiger partial charge on any atom is -0.307 e. The molecule has 0 amide bonds. The number of nitrogens with one attached hydrogen (secondary N) is 1. The topological polar surface area (TPSA) is 42.7 Å². The van der Waals surface area contributed by atoms with Crippen molar-refractivity contribution >= 4 is 0 Å². The van der Waals surface area contributed by atoms with Crippen molar-refractivity contribution in [2.24, 2.45) is 11.8 Å². The first-order chi connectivity index (χ1) is 9.65. The standard InChI is InChI=1S/C16H26N4/c1-11-6-4-7-12(2)14(11)10-17-15-8-5-9-20-16(15)18-13(3)19-20/h6,12,14-15,17H,4-5,7-10H2,1-3H3/t12-,14-,15-/m0/s1. The van der Waals surface area contributed by atoms with E-state index in [0.29, 0.717) is 12.0 Å². The Kier molecular flexibility index (Phi) is 3.92. The molecular weight excluding hydrogens is 248 g/mol. The zero-order valence-corrected chi connectivity index (χ0v) is 12.9. The Labute approximate surface area is 121 Å². The van der Waals surface area contributed by atoms with Crippen LogP contribution in [0.1, 0.15) is 57.2 Å². The van der Waals surface area contributed by atoms with Crippen molar-refractivity contribution in [1.82, 2.24) is 20.1 Å². The molecule has 1 aliphatic carbocycles. The van der Waals surface area contributed by atoms with E-state index >= 15 is 0 Å². The third-order valence-electron chi connectivity index (χ3n) is 4.92. The first-order valence-corrected chi connectivity index (χ1v) is 7.96. The number of hydrogen-bond donors (Lipinski definition) is 1. The van der Waals surface area contributed by atoms with Crippen molar-refractivity contribution in [1.29, 1.82) is 0 Å². The number of fused-ring (bicyclic) bond motifs is 1. The van der Waals surface area contributed by atoms with Crippen molar-refractivity contribution in [3.05, 3.63) is 23.3 Å². The summed E-state index contributed by atoms with van der Waals surface area (Å²) in [6.45, 7) is 8.75. The third kappa shape index (κ3) is 2.66. The minimum absolute atomic E-state index is 0.381. The largest absolute Gasteiger partial charge is 0.307 e. The lowest BCUT2D eigenvalue weighted by molar-refractivity contribution is 0.305. The van der Waals surface area contributed by atoms with Crippen LogP contribution >= 0.6 is 0 Å². The van der Waals surface area contributed by atoms with Gasteiger partial charge in [0, 0.05) is 13.1 Å². The predicted molar refractivity (Wildman–Crippen MR) is 80.4 cm³/mol. The summed E-state index contributed by atoms with van der Waals surface area (Å²) in [5.41, 5.74) is 1.56. The first-order valence-electron chi connectivity index (χ1n) is 7.96. The van der Waals surface area contributed by atoms with Gasteiger partial charge in [-0.25, -0.2) is 9.67 Å². The first kappa shape index (κ1) is 13.8. The lowest BCUT2D eigenvalue weighted by Gasteiger charge is -2.31. The van der Waals surface area contributed by atoms with Gasteiger partial charge in [0.2, 0.25) is 0 Å². The normalized spacial score (nSPS) is 29.9. The van der Waals surface area contributed by atoms with Crippen LogP contribution in [0.5, 0.6) is 0 Å². The SMILES string of the molecule is CC1=CCC[C@H](C)[C@H]1CN[C@H]1CCCn2nc(C)nc21. The second-order valence-corrected chi connectivity index (χ2v) is 6.45. The fraction of sp³-hybridized carbons (Fsp3) is 0.750. The van der Waals surface area contributed by atoms with E-state index in [9.17, 15) is 0 Å². The van der Waals surface area contributed by atoms with Crippen molar-refractivity contribution < 1.29 is 0 Å². The fourth-order valence-corrected chi connectivity index (χ4v) is 3.67. The van der Waals surface area contributed by atoms with Gasteiger partial charge in [0.05, 0.1) is 6.04 Å². The summed E-state index contributed by atoms with van der Waals surface area (Å²) in [6, 6.07) is 0.381. The van der Waals surface area contributed by atoms with Crippen molar-refractivity contribution in [3.8, 4) is 0 Å². The molecule has 0 radical (unpaired) electrons. The van der Waals surface area contributed by atoms with Gasteiger partial charge >= 0.3 is 0 Å². The van der Waals surface area contributed by atoms with Crippen LogP contribution in [0.15, 0.2) is 11.6 Å². The molecule has 0 spiro atoms. The summed E-state index contributed by atoms with van der Waals surface area (Å²) in [5, 5.41) is 8.24. The second kappa shape index (κ2) is 5.68. The van der Waals surface area contributed by atoms with Gasteiger partial charge in [-0.05, 0) is 51.4 Å². The van der Waals surface area contributed by atoms with Crippen molar-refractivity contribution in [2.45, 2.75) is 59.0 Å². The van der Waals surface area contributed by atoms with E-state index in [1.807, 2.05) is 6.92 Å². The highest BCUT2D eigenvalue weighted by Gasteiger charge is 2.26. The van der Waals surface area contributed by atoms with Crippen LogP contribution < -0.4 is 5.32 Å². The number of aryl methyl sites for hydroxylation is 2. The molecule has 0 fully saturated rings. The summed E-state index contributed by atoms with van der Waals surface area (Å²) < 4.78 is 2.09. The quantitative estimate of drug-likeness (QED) is 0.862. The van der Waals surface area contributed by atoms with Gasteiger partial charge in [-0.2, -0.15) is 5.10 Å².